The van der Waals surface area contributed by atoms with Crippen molar-refractivity contribution in [3.63, 3.8) is 0 Å². The van der Waals surface area contributed by atoms with Crippen molar-refractivity contribution < 1.29 is 14.7 Å². The summed E-state index contributed by atoms with van der Waals surface area (Å²) in [6.45, 7) is 0.341. The Kier molecular flexibility index (Phi) is 7.21. The van der Waals surface area contributed by atoms with Crippen molar-refractivity contribution in [2.24, 2.45) is 0 Å². The highest BCUT2D eigenvalue weighted by molar-refractivity contribution is 8.26. The first-order valence-electron chi connectivity index (χ1n) is 9.04. The van der Waals surface area contributed by atoms with E-state index in [0.717, 1.165) is 11.1 Å². The number of phenols is 1. The lowest BCUT2D eigenvalue weighted by Crippen LogP contribution is -2.40. The van der Waals surface area contributed by atoms with Gasteiger partial charge in [0.15, 0.2) is 0 Å². The molecule has 0 atom stereocenters. The number of carbonyl (C=O) groups is 2. The lowest BCUT2D eigenvalue weighted by Gasteiger charge is -2.14. The average Bonchev–Trinajstić information content (AvgIpc) is 2.98. The number of thioether (sulfide) groups is 1. The van der Waals surface area contributed by atoms with Crippen molar-refractivity contribution in [1.29, 1.82) is 0 Å². The van der Waals surface area contributed by atoms with Crippen molar-refractivity contribution in [2.75, 3.05) is 13.1 Å². The summed E-state index contributed by atoms with van der Waals surface area (Å²) in [5.74, 6) is -0.314. The molecule has 3 rings (SSSR count). The predicted molar refractivity (Wildman–Crippen MR) is 120 cm³/mol. The van der Waals surface area contributed by atoms with E-state index in [0.29, 0.717) is 22.2 Å². The fourth-order valence-electron chi connectivity index (χ4n) is 2.67. The number of nitrogens with one attached hydrogen (secondary N) is 1. The first-order valence-corrected chi connectivity index (χ1v) is 10.3. The highest BCUT2D eigenvalue weighted by Crippen LogP contribution is 2.30. The molecule has 0 unspecified atom stereocenters. The Labute approximate surface area is 179 Å². The van der Waals surface area contributed by atoms with Crippen LogP contribution in [0.5, 0.6) is 5.75 Å². The van der Waals surface area contributed by atoms with Gasteiger partial charge in [-0.05, 0) is 35.8 Å². The van der Waals surface area contributed by atoms with Gasteiger partial charge < -0.3 is 10.4 Å². The third kappa shape index (κ3) is 6.04. The number of amides is 2. The standard InChI is InChI=1S/C22H20N2O3S2/c25-18-11-9-17(10-12-18)13-14-23-20(26)15-24-21(27)19(29-22(24)28)8-4-7-16-5-2-1-3-6-16/h1-12,25H,13-15H2,(H,23,26)/b7-4+,19-8-. The molecule has 148 valence electrons. The Morgan fingerprint density at radius 3 is 2.59 bits per heavy atom. The van der Waals surface area contributed by atoms with Crippen LogP contribution in [0.15, 0.2) is 71.7 Å². The number of phenolic OH excluding ortho intramolecular Hbond substituents is 1. The smallest absolute Gasteiger partial charge is 0.266 e. The average molecular weight is 425 g/mol. The van der Waals surface area contributed by atoms with Crippen LogP contribution in [0.4, 0.5) is 0 Å². The molecule has 0 saturated carbocycles. The van der Waals surface area contributed by atoms with Gasteiger partial charge in [-0.1, -0.05) is 78.6 Å². The van der Waals surface area contributed by atoms with E-state index in [1.54, 1.807) is 36.4 Å². The molecule has 2 amide bonds. The van der Waals surface area contributed by atoms with Gasteiger partial charge in [0.2, 0.25) is 5.91 Å². The molecular weight excluding hydrogens is 404 g/mol. The van der Waals surface area contributed by atoms with Crippen LogP contribution >= 0.6 is 24.0 Å². The molecule has 0 aliphatic carbocycles. The summed E-state index contributed by atoms with van der Waals surface area (Å²) in [6, 6.07) is 16.6. The maximum Gasteiger partial charge on any atom is 0.266 e. The Morgan fingerprint density at radius 1 is 1.14 bits per heavy atom. The molecule has 0 bridgehead atoms. The fourth-order valence-corrected chi connectivity index (χ4v) is 3.88. The highest BCUT2D eigenvalue weighted by atomic mass is 32.2. The van der Waals surface area contributed by atoms with E-state index >= 15 is 0 Å². The normalized spacial score (nSPS) is 15.4. The van der Waals surface area contributed by atoms with Crippen LogP contribution in [-0.4, -0.2) is 39.2 Å². The minimum Gasteiger partial charge on any atom is -0.508 e. The van der Waals surface area contributed by atoms with Gasteiger partial charge in [0.25, 0.3) is 5.91 Å². The van der Waals surface area contributed by atoms with Crippen molar-refractivity contribution in [3.05, 3.63) is 82.8 Å². The molecule has 0 spiro atoms. The van der Waals surface area contributed by atoms with E-state index in [9.17, 15) is 14.7 Å². The second-order valence-corrected chi connectivity index (χ2v) is 8.00. The van der Waals surface area contributed by atoms with E-state index in [2.05, 4.69) is 5.32 Å². The van der Waals surface area contributed by atoms with Gasteiger partial charge in [0, 0.05) is 6.54 Å². The summed E-state index contributed by atoms with van der Waals surface area (Å²) >= 11 is 6.45. The number of allylic oxidation sites excluding steroid dienone is 2. The van der Waals surface area contributed by atoms with E-state index in [1.807, 2.05) is 36.4 Å². The number of rotatable bonds is 7. The van der Waals surface area contributed by atoms with Crippen molar-refractivity contribution in [2.45, 2.75) is 6.42 Å². The number of hydrogen-bond donors (Lipinski definition) is 2. The zero-order valence-electron chi connectivity index (χ0n) is 15.6. The van der Waals surface area contributed by atoms with Gasteiger partial charge in [-0.2, -0.15) is 0 Å². The molecule has 1 saturated heterocycles. The summed E-state index contributed by atoms with van der Waals surface area (Å²) in [4.78, 5) is 26.5. The van der Waals surface area contributed by atoms with Gasteiger partial charge >= 0.3 is 0 Å². The Morgan fingerprint density at radius 2 is 1.86 bits per heavy atom. The number of benzene rings is 2. The molecule has 0 radical (unpaired) electrons. The molecule has 2 aromatic carbocycles. The summed E-state index contributed by atoms with van der Waals surface area (Å²) < 4.78 is 0.378. The second-order valence-electron chi connectivity index (χ2n) is 6.33. The first-order chi connectivity index (χ1) is 14.0. The lowest BCUT2D eigenvalue weighted by molar-refractivity contribution is -0.128. The first kappa shape index (κ1) is 20.8. The van der Waals surface area contributed by atoms with Crippen LogP contribution in [0.1, 0.15) is 11.1 Å². The molecule has 1 heterocycles. The summed E-state index contributed by atoms with van der Waals surface area (Å²) in [6.07, 6.45) is 6.06. The molecule has 1 fully saturated rings. The van der Waals surface area contributed by atoms with Crippen LogP contribution in [0, 0.1) is 0 Å². The highest BCUT2D eigenvalue weighted by Gasteiger charge is 2.32. The second kappa shape index (κ2) is 10.0. The van der Waals surface area contributed by atoms with E-state index < -0.39 is 0 Å². The summed E-state index contributed by atoms with van der Waals surface area (Å²) in [5.41, 5.74) is 2.04. The Hall–Kier alpha value is -2.90. The quantitative estimate of drug-likeness (QED) is 0.526. The molecule has 2 aromatic rings. The van der Waals surface area contributed by atoms with Gasteiger partial charge in [-0.3, -0.25) is 14.5 Å². The topological polar surface area (TPSA) is 69.6 Å². The zero-order valence-corrected chi connectivity index (χ0v) is 17.2. The molecule has 0 aromatic heterocycles. The number of thiocarbonyl (C=S) groups is 1. The van der Waals surface area contributed by atoms with Crippen LogP contribution in [0.2, 0.25) is 0 Å². The zero-order chi connectivity index (χ0) is 20.6. The van der Waals surface area contributed by atoms with Crippen molar-refractivity contribution in [1.82, 2.24) is 10.2 Å². The Balaban J connectivity index is 1.50. The monoisotopic (exact) mass is 424 g/mol. The van der Waals surface area contributed by atoms with Gasteiger partial charge in [0.1, 0.15) is 16.6 Å². The van der Waals surface area contributed by atoms with Crippen LogP contribution in [0.3, 0.4) is 0 Å². The number of hydrogen-bond acceptors (Lipinski definition) is 5. The maximum absolute atomic E-state index is 12.5. The van der Waals surface area contributed by atoms with Crippen LogP contribution < -0.4 is 5.32 Å². The molecule has 1 aliphatic rings. The minimum absolute atomic E-state index is 0.0972. The van der Waals surface area contributed by atoms with Crippen LogP contribution in [0.25, 0.3) is 6.08 Å². The van der Waals surface area contributed by atoms with E-state index in [-0.39, 0.29) is 24.1 Å². The molecule has 5 nitrogen and oxygen atoms in total. The predicted octanol–water partition coefficient (Wildman–Crippen LogP) is 3.51. The number of carbonyl (C=O) groups excluding carboxylic acids is 2. The van der Waals surface area contributed by atoms with Crippen molar-refractivity contribution >= 4 is 46.2 Å². The minimum atomic E-state index is -0.263. The third-order valence-corrected chi connectivity index (χ3v) is 5.58. The fraction of sp³-hybridized carbons (Fsp3) is 0.136. The van der Waals surface area contributed by atoms with Crippen LogP contribution in [-0.2, 0) is 16.0 Å². The third-order valence-electron chi connectivity index (χ3n) is 4.18. The lowest BCUT2D eigenvalue weighted by atomic mass is 10.1. The van der Waals surface area contributed by atoms with E-state index in [4.69, 9.17) is 12.2 Å². The number of aromatic hydroxyl groups is 1. The molecular formula is C22H20N2O3S2. The summed E-state index contributed by atoms with van der Waals surface area (Å²) in [7, 11) is 0. The maximum atomic E-state index is 12.5. The molecule has 1 aliphatic heterocycles. The van der Waals surface area contributed by atoms with Gasteiger partial charge in [-0.15, -0.1) is 0 Å². The summed E-state index contributed by atoms with van der Waals surface area (Å²) in [5, 5.41) is 12.1. The van der Waals surface area contributed by atoms with Crippen molar-refractivity contribution in [3.8, 4) is 5.75 Å². The Bertz CT molecular complexity index is 954. The molecule has 7 heteroatoms. The largest absolute Gasteiger partial charge is 0.508 e. The molecule has 2 N–H and O–H groups in total. The molecule has 29 heavy (non-hydrogen) atoms. The van der Waals surface area contributed by atoms with Gasteiger partial charge in [-0.25, -0.2) is 0 Å². The van der Waals surface area contributed by atoms with Gasteiger partial charge in [0.05, 0.1) is 4.91 Å². The number of nitrogens with zero attached hydrogens (tertiary/aromatic N) is 1. The van der Waals surface area contributed by atoms with E-state index in [1.165, 1.54) is 16.7 Å². The SMILES string of the molecule is O=C(CN1C(=O)/C(=C/C=C/c2ccccc2)SC1=S)NCCc1ccc(O)cc1.